The summed E-state index contributed by atoms with van der Waals surface area (Å²) in [5, 5.41) is 7.24. The van der Waals surface area contributed by atoms with Gasteiger partial charge >= 0.3 is 0 Å². The Balaban J connectivity index is 1.86. The third-order valence-corrected chi connectivity index (χ3v) is 6.29. The first kappa shape index (κ1) is 14.2. The van der Waals surface area contributed by atoms with Crippen LogP contribution in [0, 0.1) is 4.77 Å². The van der Waals surface area contributed by atoms with Crippen LogP contribution in [0.15, 0.2) is 0 Å². The molecule has 1 aromatic heterocycles. The van der Waals surface area contributed by atoms with E-state index in [9.17, 15) is 8.42 Å². The number of aromatic nitrogens is 3. The Morgan fingerprint density at radius 3 is 2.80 bits per heavy atom. The van der Waals surface area contributed by atoms with E-state index < -0.39 is 10.0 Å². The van der Waals surface area contributed by atoms with Crippen LogP contribution in [-0.2, 0) is 10.0 Å². The second-order valence-corrected chi connectivity index (χ2v) is 8.23. The standard InChI is InChI=1S/C12H20N4O2S2/c1-2-20(17,18)15-7-3-4-9(8-15)11-13-14-12(19)16(11)10-5-6-10/h9-10H,2-8H2,1H3,(H,14,19). The molecule has 20 heavy (non-hydrogen) atoms. The second-order valence-electron chi connectivity index (χ2n) is 5.59. The molecule has 112 valence electrons. The van der Waals surface area contributed by atoms with Crippen molar-refractivity contribution in [3.63, 3.8) is 0 Å². The number of nitrogens with one attached hydrogen (secondary N) is 1. The van der Waals surface area contributed by atoms with Crippen molar-refractivity contribution in [2.24, 2.45) is 0 Å². The van der Waals surface area contributed by atoms with Crippen LogP contribution in [0.4, 0.5) is 0 Å². The van der Waals surface area contributed by atoms with Gasteiger partial charge in [0, 0.05) is 25.0 Å². The molecule has 3 rings (SSSR count). The summed E-state index contributed by atoms with van der Waals surface area (Å²) in [7, 11) is -3.11. The van der Waals surface area contributed by atoms with Gasteiger partial charge in [0.15, 0.2) is 4.77 Å². The molecule has 1 saturated carbocycles. The topological polar surface area (TPSA) is 71.0 Å². The van der Waals surface area contributed by atoms with E-state index in [2.05, 4.69) is 14.8 Å². The summed E-state index contributed by atoms with van der Waals surface area (Å²) < 4.78 is 28.4. The van der Waals surface area contributed by atoms with Crippen LogP contribution in [0.3, 0.4) is 0 Å². The van der Waals surface area contributed by atoms with Gasteiger partial charge in [-0.15, -0.1) is 0 Å². The van der Waals surface area contributed by atoms with Gasteiger partial charge in [0.1, 0.15) is 5.82 Å². The maximum absolute atomic E-state index is 12.0. The minimum atomic E-state index is -3.11. The summed E-state index contributed by atoms with van der Waals surface area (Å²) in [6.07, 6.45) is 4.14. The molecule has 0 spiro atoms. The largest absolute Gasteiger partial charge is 0.301 e. The van der Waals surface area contributed by atoms with Crippen molar-refractivity contribution in [2.45, 2.75) is 44.6 Å². The summed E-state index contributed by atoms with van der Waals surface area (Å²) in [5.74, 6) is 1.25. The summed E-state index contributed by atoms with van der Waals surface area (Å²) in [4.78, 5) is 0. The van der Waals surface area contributed by atoms with E-state index in [1.54, 1.807) is 11.2 Å². The fraction of sp³-hybridized carbons (Fsp3) is 0.833. The molecular weight excluding hydrogens is 296 g/mol. The van der Waals surface area contributed by atoms with Gasteiger partial charge in [0.2, 0.25) is 10.0 Å². The van der Waals surface area contributed by atoms with E-state index in [0.717, 1.165) is 31.5 Å². The Morgan fingerprint density at radius 1 is 1.40 bits per heavy atom. The molecule has 1 aromatic rings. The van der Waals surface area contributed by atoms with Crippen LogP contribution < -0.4 is 0 Å². The summed E-state index contributed by atoms with van der Waals surface area (Å²) in [6, 6.07) is 0.467. The Bertz CT molecular complexity index is 645. The van der Waals surface area contributed by atoms with Gasteiger partial charge in [-0.2, -0.15) is 5.10 Å². The first-order chi connectivity index (χ1) is 9.53. The van der Waals surface area contributed by atoms with E-state index in [1.165, 1.54) is 0 Å². The van der Waals surface area contributed by atoms with E-state index >= 15 is 0 Å². The van der Waals surface area contributed by atoms with Crippen molar-refractivity contribution < 1.29 is 8.42 Å². The Hall–Kier alpha value is -0.730. The number of hydrogen-bond donors (Lipinski definition) is 1. The Labute approximate surface area is 124 Å². The van der Waals surface area contributed by atoms with Crippen molar-refractivity contribution >= 4 is 22.2 Å². The second kappa shape index (κ2) is 5.23. The van der Waals surface area contributed by atoms with Crippen LogP contribution in [0.25, 0.3) is 0 Å². The summed E-state index contributed by atoms with van der Waals surface area (Å²) >= 11 is 5.30. The summed E-state index contributed by atoms with van der Waals surface area (Å²) in [6.45, 7) is 2.85. The van der Waals surface area contributed by atoms with Gasteiger partial charge in [0.05, 0.1) is 5.75 Å². The van der Waals surface area contributed by atoms with Crippen LogP contribution >= 0.6 is 12.2 Å². The molecule has 6 nitrogen and oxygen atoms in total. The zero-order valence-corrected chi connectivity index (χ0v) is 13.2. The highest BCUT2D eigenvalue weighted by atomic mass is 32.2. The molecule has 1 unspecified atom stereocenters. The normalized spacial score (nSPS) is 24.9. The average molecular weight is 316 g/mol. The minimum Gasteiger partial charge on any atom is -0.301 e. The predicted molar refractivity (Wildman–Crippen MR) is 78.7 cm³/mol. The van der Waals surface area contributed by atoms with Gasteiger partial charge in [-0.25, -0.2) is 12.7 Å². The van der Waals surface area contributed by atoms with Crippen LogP contribution in [0.1, 0.15) is 50.4 Å². The maximum Gasteiger partial charge on any atom is 0.213 e. The highest BCUT2D eigenvalue weighted by Crippen LogP contribution is 2.38. The fourth-order valence-electron chi connectivity index (χ4n) is 2.88. The van der Waals surface area contributed by atoms with E-state index in [1.807, 2.05) is 0 Å². The van der Waals surface area contributed by atoms with E-state index in [0.29, 0.717) is 23.9 Å². The number of sulfonamides is 1. The average Bonchev–Trinajstić information content (AvgIpc) is 3.21. The number of aromatic amines is 1. The molecule has 1 atom stereocenters. The van der Waals surface area contributed by atoms with E-state index in [4.69, 9.17) is 12.2 Å². The summed E-state index contributed by atoms with van der Waals surface area (Å²) in [5.41, 5.74) is 0. The molecular formula is C12H20N4O2S2. The van der Waals surface area contributed by atoms with Crippen molar-refractivity contribution in [3.05, 3.63) is 10.6 Å². The van der Waals surface area contributed by atoms with Gasteiger partial charge < -0.3 is 4.57 Å². The van der Waals surface area contributed by atoms with Gasteiger partial charge in [-0.1, -0.05) is 0 Å². The van der Waals surface area contributed by atoms with E-state index in [-0.39, 0.29) is 11.7 Å². The highest BCUT2D eigenvalue weighted by Gasteiger charge is 2.34. The quantitative estimate of drug-likeness (QED) is 0.860. The molecule has 2 heterocycles. The molecule has 1 N–H and O–H groups in total. The molecule has 8 heteroatoms. The SMILES string of the molecule is CCS(=O)(=O)N1CCCC(c2n[nH]c(=S)n2C2CC2)C1. The third-order valence-electron chi connectivity index (χ3n) is 4.15. The molecule has 1 aliphatic carbocycles. The first-order valence-corrected chi connectivity index (χ1v) is 9.19. The predicted octanol–water partition coefficient (Wildman–Crippen LogP) is 1.80. The lowest BCUT2D eigenvalue weighted by atomic mass is 9.99. The highest BCUT2D eigenvalue weighted by molar-refractivity contribution is 7.89. The molecule has 2 aliphatic rings. The van der Waals surface area contributed by atoms with Crippen molar-refractivity contribution in [2.75, 3.05) is 18.8 Å². The van der Waals surface area contributed by atoms with Gasteiger partial charge in [-0.3, -0.25) is 5.10 Å². The third kappa shape index (κ3) is 2.56. The zero-order valence-electron chi connectivity index (χ0n) is 11.6. The molecule has 0 aromatic carbocycles. The number of nitrogens with zero attached hydrogens (tertiary/aromatic N) is 3. The molecule has 2 fully saturated rings. The number of H-pyrrole nitrogens is 1. The monoisotopic (exact) mass is 316 g/mol. The first-order valence-electron chi connectivity index (χ1n) is 7.17. The molecule has 1 aliphatic heterocycles. The van der Waals surface area contributed by atoms with Crippen molar-refractivity contribution in [1.29, 1.82) is 0 Å². The number of hydrogen-bond acceptors (Lipinski definition) is 4. The Morgan fingerprint density at radius 2 is 2.15 bits per heavy atom. The number of piperidine rings is 1. The van der Waals surface area contributed by atoms with Gasteiger partial charge in [-0.05, 0) is 44.8 Å². The van der Waals surface area contributed by atoms with Crippen molar-refractivity contribution in [1.82, 2.24) is 19.1 Å². The molecule has 0 bridgehead atoms. The molecule has 1 saturated heterocycles. The molecule has 0 amide bonds. The maximum atomic E-state index is 12.0. The zero-order chi connectivity index (χ0) is 14.3. The van der Waals surface area contributed by atoms with Crippen LogP contribution in [-0.4, -0.2) is 46.3 Å². The smallest absolute Gasteiger partial charge is 0.213 e. The van der Waals surface area contributed by atoms with Crippen LogP contribution in [0.2, 0.25) is 0 Å². The van der Waals surface area contributed by atoms with Crippen LogP contribution in [0.5, 0.6) is 0 Å². The lowest BCUT2D eigenvalue weighted by Crippen LogP contribution is -2.40. The Kier molecular flexibility index (Phi) is 3.72. The number of rotatable bonds is 4. The lowest BCUT2D eigenvalue weighted by molar-refractivity contribution is 0.304. The fourth-order valence-corrected chi connectivity index (χ4v) is 4.35. The molecule has 0 radical (unpaired) electrons. The van der Waals surface area contributed by atoms with Gasteiger partial charge in [0.25, 0.3) is 0 Å². The lowest BCUT2D eigenvalue weighted by Gasteiger charge is -2.31. The minimum absolute atomic E-state index is 0.152. The van der Waals surface area contributed by atoms with Crippen molar-refractivity contribution in [3.8, 4) is 0 Å².